The van der Waals surface area contributed by atoms with E-state index in [4.69, 9.17) is 11.6 Å². The molecule has 3 aromatic rings. The van der Waals surface area contributed by atoms with Crippen molar-refractivity contribution in [1.29, 1.82) is 0 Å². The highest BCUT2D eigenvalue weighted by Gasteiger charge is 2.05. The lowest BCUT2D eigenvalue weighted by atomic mass is 10.2. The molecule has 1 heterocycles. The van der Waals surface area contributed by atoms with E-state index in [2.05, 4.69) is 21.0 Å². The fraction of sp³-hybridized carbons (Fsp3) is 0.0667. The zero-order valence-electron chi connectivity index (χ0n) is 10.4. The molecule has 0 unspecified atom stereocenters. The van der Waals surface area contributed by atoms with Crippen LogP contribution in [-0.2, 0) is 6.54 Å². The van der Waals surface area contributed by atoms with Gasteiger partial charge in [-0.15, -0.1) is 0 Å². The Balaban J connectivity index is 2.04. The summed E-state index contributed by atoms with van der Waals surface area (Å²) in [4.78, 5) is 12.3. The van der Waals surface area contributed by atoms with E-state index in [-0.39, 0.29) is 5.56 Å². The van der Waals surface area contributed by atoms with Crippen LogP contribution in [-0.4, -0.2) is 9.78 Å². The lowest BCUT2D eigenvalue weighted by Gasteiger charge is -2.07. The van der Waals surface area contributed by atoms with Crippen molar-refractivity contribution in [2.45, 2.75) is 6.54 Å². The Morgan fingerprint density at radius 1 is 1.20 bits per heavy atom. The van der Waals surface area contributed by atoms with Gasteiger partial charge in [-0.3, -0.25) is 4.79 Å². The van der Waals surface area contributed by atoms with Gasteiger partial charge in [-0.2, -0.15) is 5.10 Å². The third kappa shape index (κ3) is 2.49. The number of hydrogen-bond acceptors (Lipinski definition) is 2. The molecule has 0 aliphatic carbocycles. The van der Waals surface area contributed by atoms with Gasteiger partial charge in [0.2, 0.25) is 0 Å². The van der Waals surface area contributed by atoms with Crippen LogP contribution in [0, 0.1) is 0 Å². The topological polar surface area (TPSA) is 34.9 Å². The van der Waals surface area contributed by atoms with Crippen molar-refractivity contribution < 1.29 is 0 Å². The van der Waals surface area contributed by atoms with E-state index in [0.717, 1.165) is 15.4 Å². The van der Waals surface area contributed by atoms with Crippen molar-refractivity contribution >= 4 is 38.3 Å². The number of halogens is 2. The number of hydrogen-bond donors (Lipinski definition) is 0. The first kappa shape index (κ1) is 13.3. The highest BCUT2D eigenvalue weighted by molar-refractivity contribution is 9.10. The predicted octanol–water partition coefficient (Wildman–Crippen LogP) is 3.86. The highest BCUT2D eigenvalue weighted by atomic mass is 79.9. The predicted molar refractivity (Wildman–Crippen MR) is 84.3 cm³/mol. The van der Waals surface area contributed by atoms with Gasteiger partial charge in [0, 0.05) is 9.86 Å². The Labute approximate surface area is 128 Å². The van der Waals surface area contributed by atoms with Crippen LogP contribution in [0.1, 0.15) is 5.56 Å². The average molecular weight is 350 g/mol. The minimum Gasteiger partial charge on any atom is -0.267 e. The van der Waals surface area contributed by atoms with E-state index in [1.807, 2.05) is 42.5 Å². The molecule has 3 rings (SSSR count). The molecule has 5 heteroatoms. The van der Waals surface area contributed by atoms with Crippen LogP contribution in [0.5, 0.6) is 0 Å². The van der Waals surface area contributed by atoms with Crippen molar-refractivity contribution in [2.24, 2.45) is 0 Å². The van der Waals surface area contributed by atoms with E-state index >= 15 is 0 Å². The van der Waals surface area contributed by atoms with Gasteiger partial charge in [0.05, 0.1) is 23.2 Å². The molecule has 1 aromatic heterocycles. The normalized spacial score (nSPS) is 10.9. The molecule has 0 atom stereocenters. The highest BCUT2D eigenvalue weighted by Crippen LogP contribution is 2.23. The molecule has 0 fully saturated rings. The van der Waals surface area contributed by atoms with Gasteiger partial charge in [0.1, 0.15) is 0 Å². The first-order valence-corrected chi connectivity index (χ1v) is 7.21. The lowest BCUT2D eigenvalue weighted by molar-refractivity contribution is 0.647. The summed E-state index contributed by atoms with van der Waals surface area (Å²) in [6.45, 7) is 0.399. The first-order chi connectivity index (χ1) is 9.65. The van der Waals surface area contributed by atoms with Crippen molar-refractivity contribution in [1.82, 2.24) is 9.78 Å². The van der Waals surface area contributed by atoms with Gasteiger partial charge in [0.15, 0.2) is 0 Å². The quantitative estimate of drug-likeness (QED) is 0.704. The summed E-state index contributed by atoms with van der Waals surface area (Å²) in [5, 5.41) is 6.35. The molecule has 20 heavy (non-hydrogen) atoms. The third-order valence-electron chi connectivity index (χ3n) is 3.08. The smallest absolute Gasteiger partial charge is 0.267 e. The SMILES string of the molecule is O=c1c2ccccc2cnn1Cc1ccc(Br)c(Cl)c1. The second kappa shape index (κ2) is 5.38. The number of rotatable bonds is 2. The average Bonchev–Trinajstić information content (AvgIpc) is 2.46. The fourth-order valence-corrected chi connectivity index (χ4v) is 2.50. The van der Waals surface area contributed by atoms with Crippen LogP contribution in [0.25, 0.3) is 10.8 Å². The van der Waals surface area contributed by atoms with Gasteiger partial charge >= 0.3 is 0 Å². The van der Waals surface area contributed by atoms with Crippen LogP contribution in [0.4, 0.5) is 0 Å². The van der Waals surface area contributed by atoms with Crippen LogP contribution in [0.15, 0.2) is 57.9 Å². The Morgan fingerprint density at radius 2 is 2.00 bits per heavy atom. The van der Waals surface area contributed by atoms with Gasteiger partial charge in [-0.05, 0) is 39.7 Å². The summed E-state index contributed by atoms with van der Waals surface area (Å²) in [6.07, 6.45) is 1.71. The molecule has 0 N–H and O–H groups in total. The maximum Gasteiger partial charge on any atom is 0.274 e. The van der Waals surface area contributed by atoms with Crippen molar-refractivity contribution in [3.63, 3.8) is 0 Å². The van der Waals surface area contributed by atoms with Crippen LogP contribution in [0.2, 0.25) is 5.02 Å². The second-order valence-electron chi connectivity index (χ2n) is 4.44. The summed E-state index contributed by atoms with van der Waals surface area (Å²) in [5.74, 6) is 0. The fourth-order valence-electron chi connectivity index (χ4n) is 2.05. The van der Waals surface area contributed by atoms with E-state index in [1.54, 1.807) is 6.20 Å². The van der Waals surface area contributed by atoms with Gasteiger partial charge in [0.25, 0.3) is 5.56 Å². The first-order valence-electron chi connectivity index (χ1n) is 6.04. The molecule has 2 aromatic carbocycles. The summed E-state index contributed by atoms with van der Waals surface area (Å²) < 4.78 is 2.28. The van der Waals surface area contributed by atoms with Crippen molar-refractivity contribution in [3.05, 3.63) is 74.1 Å². The number of aromatic nitrogens is 2. The zero-order chi connectivity index (χ0) is 14.1. The van der Waals surface area contributed by atoms with Gasteiger partial charge in [-0.1, -0.05) is 35.9 Å². The van der Waals surface area contributed by atoms with Crippen LogP contribution in [0.3, 0.4) is 0 Å². The lowest BCUT2D eigenvalue weighted by Crippen LogP contribution is -2.23. The van der Waals surface area contributed by atoms with E-state index in [9.17, 15) is 4.79 Å². The molecule has 0 saturated heterocycles. The monoisotopic (exact) mass is 348 g/mol. The molecule has 0 aliphatic heterocycles. The van der Waals surface area contributed by atoms with Crippen molar-refractivity contribution in [3.8, 4) is 0 Å². The number of fused-ring (bicyclic) bond motifs is 1. The Morgan fingerprint density at radius 3 is 2.80 bits per heavy atom. The number of nitrogens with zero attached hydrogens (tertiary/aromatic N) is 2. The third-order valence-corrected chi connectivity index (χ3v) is 4.31. The largest absolute Gasteiger partial charge is 0.274 e. The van der Waals surface area contributed by atoms with Crippen LogP contribution >= 0.6 is 27.5 Å². The van der Waals surface area contributed by atoms with Crippen molar-refractivity contribution in [2.75, 3.05) is 0 Å². The molecule has 0 aliphatic rings. The molecule has 0 spiro atoms. The molecular formula is C15H10BrClN2O. The van der Waals surface area contributed by atoms with Crippen LogP contribution < -0.4 is 5.56 Å². The maximum absolute atomic E-state index is 12.3. The summed E-state index contributed by atoms with van der Waals surface area (Å²) >= 11 is 9.41. The summed E-state index contributed by atoms with van der Waals surface area (Å²) in [7, 11) is 0. The Bertz CT molecular complexity index is 845. The van der Waals surface area contributed by atoms with E-state index < -0.39 is 0 Å². The van der Waals surface area contributed by atoms with E-state index in [1.165, 1.54) is 4.68 Å². The van der Waals surface area contributed by atoms with Gasteiger partial charge < -0.3 is 0 Å². The standard InChI is InChI=1S/C15H10BrClN2O/c16-13-6-5-10(7-14(13)17)9-19-15(20)12-4-2-1-3-11(12)8-18-19/h1-8H,9H2. The molecular weight excluding hydrogens is 340 g/mol. The maximum atomic E-state index is 12.3. The summed E-state index contributed by atoms with van der Waals surface area (Å²) in [6, 6.07) is 13.0. The minimum absolute atomic E-state index is 0.0952. The second-order valence-corrected chi connectivity index (χ2v) is 5.70. The van der Waals surface area contributed by atoms with E-state index in [0.29, 0.717) is 17.0 Å². The number of benzene rings is 2. The summed E-state index contributed by atoms with van der Waals surface area (Å²) in [5.41, 5.74) is 0.838. The Kier molecular flexibility index (Phi) is 3.59. The molecule has 3 nitrogen and oxygen atoms in total. The molecule has 0 bridgehead atoms. The molecule has 0 radical (unpaired) electrons. The molecule has 0 saturated carbocycles. The minimum atomic E-state index is -0.0952. The zero-order valence-corrected chi connectivity index (χ0v) is 12.7. The Hall–Kier alpha value is -1.65. The van der Waals surface area contributed by atoms with Gasteiger partial charge in [-0.25, -0.2) is 4.68 Å². The molecule has 100 valence electrons. The molecule has 0 amide bonds.